The summed E-state index contributed by atoms with van der Waals surface area (Å²) in [5.74, 6) is 0.819. The topological polar surface area (TPSA) is 40.5 Å². The molecule has 1 heterocycles. The molecule has 0 saturated carbocycles. The van der Waals surface area contributed by atoms with Crippen LogP contribution in [0, 0.1) is 12.8 Å². The lowest BCUT2D eigenvalue weighted by Gasteiger charge is -2.25. The summed E-state index contributed by atoms with van der Waals surface area (Å²) >= 11 is 5.94. The predicted octanol–water partition coefficient (Wildman–Crippen LogP) is 2.79. The van der Waals surface area contributed by atoms with Crippen molar-refractivity contribution in [1.29, 1.82) is 0 Å². The van der Waals surface area contributed by atoms with Gasteiger partial charge in [-0.2, -0.15) is 0 Å². The molecule has 1 aromatic rings. The van der Waals surface area contributed by atoms with E-state index in [-0.39, 0.29) is 17.7 Å². The Labute approximate surface area is 112 Å². The van der Waals surface area contributed by atoms with Gasteiger partial charge in [0.05, 0.1) is 5.56 Å². The lowest BCUT2D eigenvalue weighted by atomic mass is 10.0. The molecule has 2 unspecified atom stereocenters. The number of phenols is 1. The second-order valence-electron chi connectivity index (χ2n) is 4.96. The fourth-order valence-electron chi connectivity index (χ4n) is 2.48. The fraction of sp³-hybridized carbons (Fsp3) is 0.500. The highest BCUT2D eigenvalue weighted by Gasteiger charge is 2.34. The van der Waals surface area contributed by atoms with E-state index >= 15 is 0 Å². The van der Waals surface area contributed by atoms with Crippen LogP contribution in [0.2, 0.25) is 0 Å². The van der Waals surface area contributed by atoms with Crippen molar-refractivity contribution >= 4 is 17.5 Å². The van der Waals surface area contributed by atoms with E-state index in [4.69, 9.17) is 11.6 Å². The Hall–Kier alpha value is -1.22. The Kier molecular flexibility index (Phi) is 3.81. The van der Waals surface area contributed by atoms with Crippen LogP contribution < -0.4 is 0 Å². The highest BCUT2D eigenvalue weighted by Crippen LogP contribution is 2.29. The molecule has 1 saturated heterocycles. The number of amides is 1. The first-order valence-electron chi connectivity index (χ1n) is 6.21. The predicted molar refractivity (Wildman–Crippen MR) is 72.2 cm³/mol. The number of likely N-dealkylation sites (tertiary alicyclic amines) is 1. The molecule has 1 aromatic carbocycles. The average Bonchev–Trinajstić information content (AvgIpc) is 2.73. The molecule has 1 aliphatic heterocycles. The number of carbonyl (C=O) groups is 1. The van der Waals surface area contributed by atoms with Crippen molar-refractivity contribution in [3.8, 4) is 5.75 Å². The summed E-state index contributed by atoms with van der Waals surface area (Å²) < 4.78 is 0. The van der Waals surface area contributed by atoms with Gasteiger partial charge in [-0.1, -0.05) is 19.1 Å². The number of aromatic hydroxyl groups is 1. The molecule has 18 heavy (non-hydrogen) atoms. The van der Waals surface area contributed by atoms with Crippen LogP contribution in [0.25, 0.3) is 0 Å². The first-order chi connectivity index (χ1) is 8.56. The number of para-hydroxylation sites is 1. The first kappa shape index (κ1) is 13.2. The third-order valence-corrected chi connectivity index (χ3v) is 4.09. The van der Waals surface area contributed by atoms with E-state index in [0.29, 0.717) is 23.9 Å². The summed E-state index contributed by atoms with van der Waals surface area (Å²) in [5, 5.41) is 9.97. The van der Waals surface area contributed by atoms with Gasteiger partial charge in [-0.3, -0.25) is 4.79 Å². The molecule has 0 spiro atoms. The molecule has 4 heteroatoms. The van der Waals surface area contributed by atoms with E-state index in [1.54, 1.807) is 30.0 Å². The van der Waals surface area contributed by atoms with E-state index < -0.39 is 0 Å². The molecular formula is C14H18ClNO2. The monoisotopic (exact) mass is 267 g/mol. The van der Waals surface area contributed by atoms with Crippen molar-refractivity contribution in [1.82, 2.24) is 4.90 Å². The number of alkyl halides is 1. The van der Waals surface area contributed by atoms with Crippen LogP contribution in [-0.4, -0.2) is 34.4 Å². The van der Waals surface area contributed by atoms with Gasteiger partial charge in [0.1, 0.15) is 5.75 Å². The first-order valence-corrected chi connectivity index (χ1v) is 6.75. The minimum Gasteiger partial charge on any atom is -0.507 e. The van der Waals surface area contributed by atoms with Gasteiger partial charge in [-0.05, 0) is 30.9 Å². The molecular weight excluding hydrogens is 250 g/mol. The van der Waals surface area contributed by atoms with Gasteiger partial charge in [-0.25, -0.2) is 0 Å². The Bertz CT molecular complexity index is 461. The van der Waals surface area contributed by atoms with E-state index in [9.17, 15) is 9.90 Å². The molecule has 0 radical (unpaired) electrons. The van der Waals surface area contributed by atoms with Crippen LogP contribution in [0.5, 0.6) is 5.75 Å². The molecule has 3 nitrogen and oxygen atoms in total. The number of rotatable bonds is 2. The van der Waals surface area contributed by atoms with Crippen LogP contribution in [0.15, 0.2) is 18.2 Å². The number of halogens is 1. The average molecular weight is 268 g/mol. The van der Waals surface area contributed by atoms with Crippen molar-refractivity contribution < 1.29 is 9.90 Å². The number of aryl methyl sites for hydroxylation is 1. The zero-order chi connectivity index (χ0) is 13.3. The molecule has 1 amide bonds. The molecule has 2 rings (SSSR count). The Morgan fingerprint density at radius 1 is 1.56 bits per heavy atom. The lowest BCUT2D eigenvalue weighted by Crippen LogP contribution is -2.38. The maximum Gasteiger partial charge on any atom is 0.257 e. The molecule has 1 N–H and O–H groups in total. The SMILES string of the molecule is Cc1cccc(C(=O)N2CCC(C)C2CCl)c1O. The summed E-state index contributed by atoms with van der Waals surface area (Å²) in [5.41, 5.74) is 1.09. The van der Waals surface area contributed by atoms with Gasteiger partial charge in [0.2, 0.25) is 0 Å². The smallest absolute Gasteiger partial charge is 0.257 e. The van der Waals surface area contributed by atoms with E-state index in [1.165, 1.54) is 0 Å². The van der Waals surface area contributed by atoms with Gasteiger partial charge in [0.25, 0.3) is 5.91 Å². The van der Waals surface area contributed by atoms with Gasteiger partial charge >= 0.3 is 0 Å². The highest BCUT2D eigenvalue weighted by molar-refractivity contribution is 6.18. The quantitative estimate of drug-likeness (QED) is 0.837. The van der Waals surface area contributed by atoms with Crippen LogP contribution in [0.3, 0.4) is 0 Å². The van der Waals surface area contributed by atoms with E-state index in [1.807, 2.05) is 0 Å². The molecule has 0 aromatic heterocycles. The highest BCUT2D eigenvalue weighted by atomic mass is 35.5. The third kappa shape index (κ3) is 2.19. The maximum absolute atomic E-state index is 12.4. The molecule has 1 aliphatic rings. The van der Waals surface area contributed by atoms with Gasteiger partial charge < -0.3 is 10.0 Å². The number of hydrogen-bond donors (Lipinski definition) is 1. The minimum atomic E-state index is -0.119. The zero-order valence-electron chi connectivity index (χ0n) is 10.7. The number of hydrogen-bond acceptors (Lipinski definition) is 2. The van der Waals surface area contributed by atoms with Crippen molar-refractivity contribution in [2.75, 3.05) is 12.4 Å². The van der Waals surface area contributed by atoms with Crippen LogP contribution in [0.1, 0.15) is 29.3 Å². The van der Waals surface area contributed by atoms with Crippen LogP contribution in [-0.2, 0) is 0 Å². The lowest BCUT2D eigenvalue weighted by molar-refractivity contribution is 0.0734. The molecule has 98 valence electrons. The van der Waals surface area contributed by atoms with Crippen molar-refractivity contribution in [3.63, 3.8) is 0 Å². The Balaban J connectivity index is 2.29. The molecule has 0 bridgehead atoms. The number of carbonyl (C=O) groups excluding carboxylic acids is 1. The van der Waals surface area contributed by atoms with E-state index in [0.717, 1.165) is 12.0 Å². The van der Waals surface area contributed by atoms with Crippen LogP contribution >= 0.6 is 11.6 Å². The van der Waals surface area contributed by atoms with Gasteiger partial charge in [0, 0.05) is 18.5 Å². The normalized spacial score (nSPS) is 23.4. The second kappa shape index (κ2) is 5.19. The van der Waals surface area contributed by atoms with Gasteiger partial charge in [-0.15, -0.1) is 11.6 Å². The van der Waals surface area contributed by atoms with Gasteiger partial charge in [0.15, 0.2) is 0 Å². The zero-order valence-corrected chi connectivity index (χ0v) is 11.4. The maximum atomic E-state index is 12.4. The Morgan fingerprint density at radius 2 is 2.28 bits per heavy atom. The van der Waals surface area contributed by atoms with Crippen molar-refractivity contribution in [2.24, 2.45) is 5.92 Å². The fourth-order valence-corrected chi connectivity index (χ4v) is 2.95. The standard InChI is InChI=1S/C14H18ClNO2/c1-9-6-7-16(12(9)8-15)14(18)11-5-3-4-10(2)13(11)17/h3-5,9,12,17H,6-8H2,1-2H3. The molecule has 0 aliphatic carbocycles. The summed E-state index contributed by atoms with van der Waals surface area (Å²) in [6.45, 7) is 4.61. The summed E-state index contributed by atoms with van der Waals surface area (Å²) in [4.78, 5) is 14.2. The van der Waals surface area contributed by atoms with Crippen molar-refractivity contribution in [3.05, 3.63) is 29.3 Å². The number of phenolic OH excluding ortho intramolecular Hbond substituents is 1. The second-order valence-corrected chi connectivity index (χ2v) is 5.27. The van der Waals surface area contributed by atoms with Crippen LogP contribution in [0.4, 0.5) is 0 Å². The largest absolute Gasteiger partial charge is 0.507 e. The summed E-state index contributed by atoms with van der Waals surface area (Å²) in [6, 6.07) is 5.31. The summed E-state index contributed by atoms with van der Waals surface area (Å²) in [7, 11) is 0. The number of benzene rings is 1. The summed E-state index contributed by atoms with van der Waals surface area (Å²) in [6.07, 6.45) is 0.968. The number of nitrogens with zero attached hydrogens (tertiary/aromatic N) is 1. The molecule has 2 atom stereocenters. The third-order valence-electron chi connectivity index (χ3n) is 3.77. The minimum absolute atomic E-state index is 0.0686. The van der Waals surface area contributed by atoms with E-state index in [2.05, 4.69) is 6.92 Å². The molecule has 1 fully saturated rings. The van der Waals surface area contributed by atoms with Crippen molar-refractivity contribution in [2.45, 2.75) is 26.3 Å². The Morgan fingerprint density at radius 3 is 2.94 bits per heavy atom.